The Balaban J connectivity index is 2.06. The molecule has 1 fully saturated rings. The fraction of sp³-hybridized carbons (Fsp3) is 0.318. The van der Waals surface area contributed by atoms with Gasteiger partial charge in [0, 0.05) is 24.5 Å². The second-order valence-corrected chi connectivity index (χ2v) is 6.65. The first-order chi connectivity index (χ1) is 13.6. The molecule has 1 unspecified atom stereocenters. The second-order valence-electron chi connectivity index (χ2n) is 6.65. The van der Waals surface area contributed by atoms with Crippen LogP contribution in [0.3, 0.4) is 0 Å². The molecule has 1 aliphatic heterocycles. The molecule has 0 aliphatic carbocycles. The minimum atomic E-state index is -0.668. The molecule has 28 heavy (non-hydrogen) atoms. The number of carbonyl (C=O) groups is 2. The number of pyridine rings is 1. The molecule has 2 heterocycles. The average molecular weight is 380 g/mol. The number of ketones is 1. The third-order valence-electron chi connectivity index (χ3n) is 4.63. The first-order valence-electron chi connectivity index (χ1n) is 9.50. The molecule has 1 aromatic heterocycles. The van der Waals surface area contributed by atoms with Crippen molar-refractivity contribution in [1.29, 1.82) is 0 Å². The van der Waals surface area contributed by atoms with E-state index < -0.39 is 17.7 Å². The number of ether oxygens (including phenoxy) is 1. The number of hydrogen-bond acceptors (Lipinski definition) is 5. The van der Waals surface area contributed by atoms with Gasteiger partial charge in [-0.25, -0.2) is 0 Å². The van der Waals surface area contributed by atoms with E-state index in [0.29, 0.717) is 25.1 Å². The van der Waals surface area contributed by atoms with Crippen molar-refractivity contribution in [2.75, 3.05) is 13.2 Å². The zero-order chi connectivity index (χ0) is 20.1. The van der Waals surface area contributed by atoms with Crippen LogP contribution in [0.25, 0.3) is 5.76 Å². The van der Waals surface area contributed by atoms with Crippen LogP contribution in [-0.2, 0) is 9.59 Å². The molecule has 1 aliphatic rings. The Hall–Kier alpha value is -3.15. The molecule has 1 saturated heterocycles. The van der Waals surface area contributed by atoms with Crippen LogP contribution in [0.1, 0.15) is 43.9 Å². The SMILES string of the molecule is CCCOc1ccc(C2/C(=C(/O)c3ccncc3)C(=O)C(=O)N2CCC)cc1. The smallest absolute Gasteiger partial charge is 0.295 e. The zero-order valence-electron chi connectivity index (χ0n) is 16.1. The summed E-state index contributed by atoms with van der Waals surface area (Å²) in [6.45, 7) is 5.03. The number of nitrogens with zero attached hydrogens (tertiary/aromatic N) is 2. The average Bonchev–Trinajstić information content (AvgIpc) is 2.98. The lowest BCUT2D eigenvalue weighted by atomic mass is 9.95. The number of Topliss-reactive ketones (excluding diaryl/α,β-unsaturated/α-hetero) is 1. The third kappa shape index (κ3) is 3.76. The van der Waals surface area contributed by atoms with Crippen molar-refractivity contribution < 1.29 is 19.4 Å². The van der Waals surface area contributed by atoms with E-state index in [4.69, 9.17) is 4.74 Å². The summed E-state index contributed by atoms with van der Waals surface area (Å²) in [7, 11) is 0. The molecular weight excluding hydrogens is 356 g/mol. The third-order valence-corrected chi connectivity index (χ3v) is 4.63. The highest BCUT2D eigenvalue weighted by Crippen LogP contribution is 2.39. The highest BCUT2D eigenvalue weighted by atomic mass is 16.5. The summed E-state index contributed by atoms with van der Waals surface area (Å²) >= 11 is 0. The first kappa shape index (κ1) is 19.6. The van der Waals surface area contributed by atoms with Crippen LogP contribution in [0.4, 0.5) is 0 Å². The molecule has 1 atom stereocenters. The summed E-state index contributed by atoms with van der Waals surface area (Å²) in [4.78, 5) is 30.8. The Morgan fingerprint density at radius 3 is 2.36 bits per heavy atom. The zero-order valence-corrected chi connectivity index (χ0v) is 16.1. The molecule has 0 spiro atoms. The Kier molecular flexibility index (Phi) is 6.09. The second kappa shape index (κ2) is 8.69. The molecule has 0 bridgehead atoms. The largest absolute Gasteiger partial charge is 0.507 e. The van der Waals surface area contributed by atoms with Gasteiger partial charge in [0.2, 0.25) is 0 Å². The van der Waals surface area contributed by atoms with E-state index in [-0.39, 0.29) is 11.3 Å². The van der Waals surface area contributed by atoms with Gasteiger partial charge in [-0.15, -0.1) is 0 Å². The minimum absolute atomic E-state index is 0.104. The van der Waals surface area contributed by atoms with E-state index in [9.17, 15) is 14.7 Å². The van der Waals surface area contributed by atoms with Crippen LogP contribution in [0.2, 0.25) is 0 Å². The standard InChI is InChI=1S/C22H24N2O4/c1-3-13-24-19(15-5-7-17(8-6-15)28-14-4-2)18(21(26)22(24)27)20(25)16-9-11-23-12-10-16/h5-12,19,25H,3-4,13-14H2,1-2H3/b20-18-. The highest BCUT2D eigenvalue weighted by Gasteiger charge is 2.45. The Morgan fingerprint density at radius 1 is 1.07 bits per heavy atom. The summed E-state index contributed by atoms with van der Waals surface area (Å²) in [5.74, 6) is -0.712. The molecule has 146 valence electrons. The van der Waals surface area contributed by atoms with Gasteiger partial charge in [-0.2, -0.15) is 0 Å². The van der Waals surface area contributed by atoms with Gasteiger partial charge in [-0.1, -0.05) is 26.0 Å². The molecule has 3 rings (SSSR count). The number of hydrogen-bond donors (Lipinski definition) is 1. The molecule has 1 aromatic carbocycles. The highest BCUT2D eigenvalue weighted by molar-refractivity contribution is 6.46. The normalized spacial score (nSPS) is 18.5. The number of aliphatic hydroxyl groups excluding tert-OH is 1. The van der Waals surface area contributed by atoms with Crippen molar-refractivity contribution in [1.82, 2.24) is 9.88 Å². The van der Waals surface area contributed by atoms with E-state index in [2.05, 4.69) is 4.98 Å². The molecular formula is C22H24N2O4. The number of aliphatic hydroxyl groups is 1. The van der Waals surface area contributed by atoms with Crippen LogP contribution in [-0.4, -0.2) is 39.8 Å². The van der Waals surface area contributed by atoms with Gasteiger partial charge >= 0.3 is 0 Å². The molecule has 1 N–H and O–H groups in total. The van der Waals surface area contributed by atoms with Gasteiger partial charge < -0.3 is 14.7 Å². The van der Waals surface area contributed by atoms with Crippen molar-refractivity contribution in [3.05, 3.63) is 65.5 Å². The summed E-state index contributed by atoms with van der Waals surface area (Å²) in [6.07, 6.45) is 4.68. The molecule has 0 saturated carbocycles. The van der Waals surface area contributed by atoms with E-state index in [1.54, 1.807) is 12.1 Å². The Labute approximate surface area is 164 Å². The lowest BCUT2D eigenvalue weighted by Crippen LogP contribution is -2.30. The fourth-order valence-electron chi connectivity index (χ4n) is 3.33. The summed E-state index contributed by atoms with van der Waals surface area (Å²) < 4.78 is 5.62. The van der Waals surface area contributed by atoms with Gasteiger partial charge in [0.25, 0.3) is 11.7 Å². The van der Waals surface area contributed by atoms with Crippen LogP contribution >= 0.6 is 0 Å². The predicted molar refractivity (Wildman–Crippen MR) is 106 cm³/mol. The Bertz CT molecular complexity index is 875. The van der Waals surface area contributed by atoms with E-state index in [1.165, 1.54) is 17.3 Å². The molecule has 6 nitrogen and oxygen atoms in total. The van der Waals surface area contributed by atoms with E-state index >= 15 is 0 Å². The number of rotatable bonds is 7. The Morgan fingerprint density at radius 2 is 1.75 bits per heavy atom. The summed E-state index contributed by atoms with van der Waals surface area (Å²) in [6, 6.07) is 9.91. The lowest BCUT2D eigenvalue weighted by Gasteiger charge is -2.25. The van der Waals surface area contributed by atoms with Crippen LogP contribution in [0, 0.1) is 0 Å². The predicted octanol–water partition coefficient (Wildman–Crippen LogP) is 3.70. The van der Waals surface area contributed by atoms with Crippen molar-refractivity contribution in [3.63, 3.8) is 0 Å². The molecule has 6 heteroatoms. The maximum absolute atomic E-state index is 12.7. The summed E-state index contributed by atoms with van der Waals surface area (Å²) in [5, 5.41) is 10.8. The first-order valence-corrected chi connectivity index (χ1v) is 9.50. The number of benzene rings is 1. The van der Waals surface area contributed by atoms with Crippen molar-refractivity contribution in [3.8, 4) is 5.75 Å². The fourth-order valence-corrected chi connectivity index (χ4v) is 3.33. The quantitative estimate of drug-likeness (QED) is 0.450. The topological polar surface area (TPSA) is 79.7 Å². The maximum atomic E-state index is 12.7. The summed E-state index contributed by atoms with van der Waals surface area (Å²) in [5.41, 5.74) is 1.32. The van der Waals surface area contributed by atoms with Crippen molar-refractivity contribution in [2.45, 2.75) is 32.7 Å². The van der Waals surface area contributed by atoms with Crippen LogP contribution < -0.4 is 4.74 Å². The molecule has 1 amide bonds. The minimum Gasteiger partial charge on any atom is -0.507 e. The number of amides is 1. The van der Waals surface area contributed by atoms with Gasteiger partial charge in [0.05, 0.1) is 18.2 Å². The monoisotopic (exact) mass is 380 g/mol. The van der Waals surface area contributed by atoms with E-state index in [1.807, 2.05) is 38.1 Å². The van der Waals surface area contributed by atoms with Gasteiger partial charge in [-0.05, 0) is 42.7 Å². The number of likely N-dealkylation sites (tertiary alicyclic amines) is 1. The van der Waals surface area contributed by atoms with E-state index in [0.717, 1.165) is 17.7 Å². The molecule has 0 radical (unpaired) electrons. The lowest BCUT2D eigenvalue weighted by molar-refractivity contribution is -0.139. The maximum Gasteiger partial charge on any atom is 0.295 e. The molecule has 2 aromatic rings. The van der Waals surface area contributed by atoms with Crippen LogP contribution in [0.5, 0.6) is 5.75 Å². The number of carbonyl (C=O) groups excluding carboxylic acids is 2. The van der Waals surface area contributed by atoms with Gasteiger partial charge in [0.1, 0.15) is 11.5 Å². The van der Waals surface area contributed by atoms with Crippen molar-refractivity contribution >= 4 is 17.4 Å². The van der Waals surface area contributed by atoms with Gasteiger partial charge in [0.15, 0.2) is 0 Å². The van der Waals surface area contributed by atoms with Gasteiger partial charge in [-0.3, -0.25) is 14.6 Å². The van der Waals surface area contributed by atoms with Crippen LogP contribution in [0.15, 0.2) is 54.4 Å². The number of aromatic nitrogens is 1. The van der Waals surface area contributed by atoms with Crippen molar-refractivity contribution in [2.24, 2.45) is 0 Å².